The standard InChI is InChI=1S/C17H19N3O/c1-17(11-20(2)16(18)19-17)14-7-3-5-12(9-14)13-6-4-8-15(21)10-13/h3-10,21H,11H2,1-2H3,(H2,18,19). The number of guanidine groups is 1. The topological polar surface area (TPSA) is 61.8 Å². The number of aliphatic imine (C=N–C) groups is 1. The molecule has 0 fully saturated rings. The monoisotopic (exact) mass is 281 g/mol. The number of phenols is 1. The van der Waals surface area contributed by atoms with Crippen molar-refractivity contribution in [2.24, 2.45) is 10.7 Å². The summed E-state index contributed by atoms with van der Waals surface area (Å²) < 4.78 is 0. The van der Waals surface area contributed by atoms with Gasteiger partial charge in [0, 0.05) is 13.6 Å². The largest absolute Gasteiger partial charge is 0.508 e. The first-order valence-corrected chi connectivity index (χ1v) is 6.94. The molecule has 0 aromatic heterocycles. The van der Waals surface area contributed by atoms with Gasteiger partial charge in [-0.3, -0.25) is 0 Å². The molecule has 2 aromatic carbocycles. The van der Waals surface area contributed by atoms with Gasteiger partial charge in [-0.15, -0.1) is 0 Å². The Morgan fingerprint density at radius 2 is 1.81 bits per heavy atom. The number of nitrogens with two attached hydrogens (primary N) is 1. The number of aromatic hydroxyl groups is 1. The Balaban J connectivity index is 2.02. The van der Waals surface area contributed by atoms with Crippen LogP contribution in [0.3, 0.4) is 0 Å². The minimum atomic E-state index is -0.328. The maximum atomic E-state index is 9.63. The highest BCUT2D eigenvalue weighted by Crippen LogP contribution is 2.33. The zero-order valence-electron chi connectivity index (χ0n) is 12.2. The van der Waals surface area contributed by atoms with E-state index >= 15 is 0 Å². The number of hydrogen-bond acceptors (Lipinski definition) is 4. The fourth-order valence-corrected chi connectivity index (χ4v) is 2.79. The summed E-state index contributed by atoms with van der Waals surface area (Å²) in [6.07, 6.45) is 0. The maximum absolute atomic E-state index is 9.63. The number of phenolic OH excluding ortho intramolecular Hbond substituents is 1. The average molecular weight is 281 g/mol. The minimum Gasteiger partial charge on any atom is -0.508 e. The predicted octanol–water partition coefficient (Wildman–Crippen LogP) is 2.53. The third-order valence-electron chi connectivity index (χ3n) is 3.96. The van der Waals surface area contributed by atoms with Crippen LogP contribution in [-0.2, 0) is 5.54 Å². The van der Waals surface area contributed by atoms with E-state index in [0.29, 0.717) is 5.96 Å². The number of likely N-dealkylation sites (N-methyl/N-ethyl adjacent to an activating group) is 1. The summed E-state index contributed by atoms with van der Waals surface area (Å²) >= 11 is 0. The van der Waals surface area contributed by atoms with Crippen LogP contribution in [0.1, 0.15) is 12.5 Å². The maximum Gasteiger partial charge on any atom is 0.192 e. The van der Waals surface area contributed by atoms with Crippen molar-refractivity contribution in [3.8, 4) is 16.9 Å². The van der Waals surface area contributed by atoms with E-state index in [1.807, 2.05) is 36.2 Å². The second kappa shape index (κ2) is 4.81. The van der Waals surface area contributed by atoms with Crippen LogP contribution in [0.25, 0.3) is 11.1 Å². The molecule has 4 nitrogen and oxygen atoms in total. The molecule has 2 aromatic rings. The summed E-state index contributed by atoms with van der Waals surface area (Å²) in [6.45, 7) is 2.85. The zero-order valence-corrected chi connectivity index (χ0v) is 12.2. The molecule has 0 amide bonds. The van der Waals surface area contributed by atoms with E-state index < -0.39 is 0 Å². The van der Waals surface area contributed by atoms with Gasteiger partial charge in [0.2, 0.25) is 0 Å². The number of rotatable bonds is 2. The van der Waals surface area contributed by atoms with Gasteiger partial charge in [-0.25, -0.2) is 4.99 Å². The lowest BCUT2D eigenvalue weighted by Gasteiger charge is -2.23. The molecule has 3 rings (SSSR count). The highest BCUT2D eigenvalue weighted by Gasteiger charge is 2.34. The Hall–Kier alpha value is -2.49. The molecule has 0 saturated heterocycles. The van der Waals surface area contributed by atoms with Gasteiger partial charge in [0.15, 0.2) is 5.96 Å². The van der Waals surface area contributed by atoms with Crippen LogP contribution in [0.15, 0.2) is 53.5 Å². The van der Waals surface area contributed by atoms with Crippen molar-refractivity contribution in [1.82, 2.24) is 4.90 Å². The third kappa shape index (κ3) is 2.44. The molecule has 0 saturated carbocycles. The molecule has 0 aliphatic carbocycles. The Labute approximate surface area is 124 Å². The number of nitrogens with zero attached hydrogens (tertiary/aromatic N) is 2. The van der Waals surface area contributed by atoms with Gasteiger partial charge >= 0.3 is 0 Å². The summed E-state index contributed by atoms with van der Waals surface area (Å²) in [5, 5.41) is 9.63. The molecule has 108 valence electrons. The van der Waals surface area contributed by atoms with Crippen LogP contribution in [0.2, 0.25) is 0 Å². The quantitative estimate of drug-likeness (QED) is 0.889. The zero-order chi connectivity index (χ0) is 15.0. The second-order valence-corrected chi connectivity index (χ2v) is 5.73. The van der Waals surface area contributed by atoms with Crippen LogP contribution < -0.4 is 5.73 Å². The lowest BCUT2D eigenvalue weighted by atomic mass is 9.90. The Kier molecular flexibility index (Phi) is 3.09. The molecule has 0 spiro atoms. The smallest absolute Gasteiger partial charge is 0.192 e. The van der Waals surface area contributed by atoms with Crippen molar-refractivity contribution in [3.63, 3.8) is 0 Å². The van der Waals surface area contributed by atoms with E-state index in [4.69, 9.17) is 5.73 Å². The van der Waals surface area contributed by atoms with E-state index in [9.17, 15) is 5.11 Å². The van der Waals surface area contributed by atoms with Gasteiger partial charge in [-0.1, -0.05) is 30.3 Å². The third-order valence-corrected chi connectivity index (χ3v) is 3.96. The van der Waals surface area contributed by atoms with Gasteiger partial charge in [-0.05, 0) is 41.8 Å². The van der Waals surface area contributed by atoms with Crippen molar-refractivity contribution in [2.45, 2.75) is 12.5 Å². The SMILES string of the molecule is CN1CC(C)(c2cccc(-c3cccc(O)c3)c2)N=C1N. The minimum absolute atomic E-state index is 0.270. The van der Waals surface area contributed by atoms with E-state index in [1.54, 1.807) is 12.1 Å². The van der Waals surface area contributed by atoms with Crippen LogP contribution in [-0.4, -0.2) is 29.6 Å². The first-order chi connectivity index (χ1) is 9.98. The summed E-state index contributed by atoms with van der Waals surface area (Å²) in [4.78, 5) is 6.55. The van der Waals surface area contributed by atoms with Crippen molar-refractivity contribution < 1.29 is 5.11 Å². The molecule has 1 aliphatic heterocycles. The highest BCUT2D eigenvalue weighted by molar-refractivity contribution is 5.80. The van der Waals surface area contributed by atoms with E-state index in [-0.39, 0.29) is 11.3 Å². The van der Waals surface area contributed by atoms with Gasteiger partial charge < -0.3 is 15.7 Å². The molecule has 3 N–H and O–H groups in total. The highest BCUT2D eigenvalue weighted by atomic mass is 16.3. The molecule has 0 bridgehead atoms. The van der Waals surface area contributed by atoms with Crippen LogP contribution in [0.4, 0.5) is 0 Å². The van der Waals surface area contributed by atoms with Gasteiger partial charge in [-0.2, -0.15) is 0 Å². The fourth-order valence-electron chi connectivity index (χ4n) is 2.79. The summed E-state index contributed by atoms with van der Waals surface area (Å²) in [5.41, 5.74) is 8.75. The van der Waals surface area contributed by atoms with Crippen molar-refractivity contribution in [3.05, 3.63) is 54.1 Å². The Bertz CT molecular complexity index is 711. The van der Waals surface area contributed by atoms with Crippen LogP contribution in [0, 0.1) is 0 Å². The molecule has 0 radical (unpaired) electrons. The van der Waals surface area contributed by atoms with Crippen LogP contribution >= 0.6 is 0 Å². The molecular weight excluding hydrogens is 262 g/mol. The van der Waals surface area contributed by atoms with Crippen molar-refractivity contribution in [1.29, 1.82) is 0 Å². The van der Waals surface area contributed by atoms with Crippen molar-refractivity contribution in [2.75, 3.05) is 13.6 Å². The molecule has 1 atom stereocenters. The molecule has 4 heteroatoms. The van der Waals surface area contributed by atoms with Gasteiger partial charge in [0.05, 0.1) is 0 Å². The predicted molar refractivity (Wildman–Crippen MR) is 85.1 cm³/mol. The molecular formula is C17H19N3O. The summed E-state index contributed by atoms with van der Waals surface area (Å²) in [7, 11) is 1.95. The lowest BCUT2D eigenvalue weighted by molar-refractivity contribution is 0.409. The van der Waals surface area contributed by atoms with Gasteiger partial charge in [0.1, 0.15) is 11.3 Å². The van der Waals surface area contributed by atoms with E-state index in [0.717, 1.165) is 23.2 Å². The van der Waals surface area contributed by atoms with E-state index in [1.165, 1.54) is 0 Å². The summed E-state index contributed by atoms with van der Waals surface area (Å²) in [6, 6.07) is 15.5. The van der Waals surface area contributed by atoms with Gasteiger partial charge in [0.25, 0.3) is 0 Å². The van der Waals surface area contributed by atoms with Crippen LogP contribution in [0.5, 0.6) is 5.75 Å². The lowest BCUT2D eigenvalue weighted by Crippen LogP contribution is -2.32. The Morgan fingerprint density at radius 3 is 2.43 bits per heavy atom. The number of hydrogen-bond donors (Lipinski definition) is 2. The molecule has 1 heterocycles. The first-order valence-electron chi connectivity index (χ1n) is 6.94. The van der Waals surface area contributed by atoms with E-state index in [2.05, 4.69) is 24.0 Å². The van der Waals surface area contributed by atoms with Crippen molar-refractivity contribution >= 4 is 5.96 Å². The summed E-state index contributed by atoms with van der Waals surface area (Å²) in [5.74, 6) is 0.840. The first kappa shape index (κ1) is 13.5. The molecule has 1 aliphatic rings. The average Bonchev–Trinajstić information content (AvgIpc) is 2.73. The second-order valence-electron chi connectivity index (χ2n) is 5.73. The molecule has 21 heavy (non-hydrogen) atoms. The Morgan fingerprint density at radius 1 is 1.14 bits per heavy atom. The fraction of sp³-hybridized carbons (Fsp3) is 0.235. The molecule has 1 unspecified atom stereocenters. The number of benzene rings is 2. The normalized spacial score (nSPS) is 21.4.